The number of hydrogen-bond acceptors (Lipinski definition) is 6. The van der Waals surface area contributed by atoms with E-state index in [2.05, 4.69) is 27.9 Å². The summed E-state index contributed by atoms with van der Waals surface area (Å²) in [6.45, 7) is 0.427. The van der Waals surface area contributed by atoms with Gasteiger partial charge < -0.3 is 10.1 Å². The average molecular weight is 607 g/mol. The summed E-state index contributed by atoms with van der Waals surface area (Å²) in [5, 5.41) is 2.61. The molecule has 0 saturated carbocycles. The van der Waals surface area contributed by atoms with Crippen molar-refractivity contribution in [2.24, 2.45) is 0 Å². The first-order valence-electron chi connectivity index (χ1n) is 10.2. The number of nitrogens with one attached hydrogen (secondary N) is 1. The van der Waals surface area contributed by atoms with Crippen LogP contribution >= 0.6 is 22.6 Å². The van der Waals surface area contributed by atoms with Gasteiger partial charge in [0, 0.05) is 16.7 Å². The maximum Gasteiger partial charge on any atom is 0.245 e. The van der Waals surface area contributed by atoms with Gasteiger partial charge in [-0.3, -0.25) is 9.10 Å². The van der Waals surface area contributed by atoms with Gasteiger partial charge in [-0.25, -0.2) is 16.8 Å². The van der Waals surface area contributed by atoms with Crippen LogP contribution in [0.4, 0.5) is 11.4 Å². The third kappa shape index (κ3) is 6.37. The molecule has 1 saturated heterocycles. The molecular formula is C21H26IN3O6S2. The lowest BCUT2D eigenvalue weighted by atomic mass is 10.2. The normalized spacial score (nSPS) is 15.1. The lowest BCUT2D eigenvalue weighted by Gasteiger charge is -2.26. The monoisotopic (exact) mass is 607 g/mol. The first kappa shape index (κ1) is 25.7. The minimum Gasteiger partial charge on any atom is -0.495 e. The van der Waals surface area contributed by atoms with Crippen LogP contribution in [-0.4, -0.2) is 60.0 Å². The molecule has 1 N–H and O–H groups in total. The van der Waals surface area contributed by atoms with E-state index in [9.17, 15) is 21.6 Å². The van der Waals surface area contributed by atoms with Crippen molar-refractivity contribution < 1.29 is 26.4 Å². The Balaban J connectivity index is 1.85. The zero-order valence-corrected chi connectivity index (χ0v) is 22.1. The molecule has 9 nitrogen and oxygen atoms in total. The lowest BCUT2D eigenvalue weighted by molar-refractivity contribution is -0.114. The van der Waals surface area contributed by atoms with Gasteiger partial charge in [0.25, 0.3) is 0 Å². The van der Waals surface area contributed by atoms with Crippen molar-refractivity contribution in [2.45, 2.75) is 24.2 Å². The smallest absolute Gasteiger partial charge is 0.245 e. The number of benzene rings is 2. The van der Waals surface area contributed by atoms with Crippen LogP contribution in [-0.2, 0) is 24.8 Å². The van der Waals surface area contributed by atoms with Crippen LogP contribution in [0.1, 0.15) is 19.3 Å². The van der Waals surface area contributed by atoms with Crippen molar-refractivity contribution in [2.75, 3.05) is 42.6 Å². The summed E-state index contributed by atoms with van der Waals surface area (Å²) < 4.78 is 59.3. The van der Waals surface area contributed by atoms with Crippen LogP contribution in [0.5, 0.6) is 5.75 Å². The maximum atomic E-state index is 13.0. The number of halogens is 1. The van der Waals surface area contributed by atoms with Crippen molar-refractivity contribution in [1.29, 1.82) is 0 Å². The van der Waals surface area contributed by atoms with Crippen LogP contribution in [0.3, 0.4) is 0 Å². The Morgan fingerprint density at radius 2 is 1.70 bits per heavy atom. The zero-order chi connectivity index (χ0) is 24.2. The molecule has 0 radical (unpaired) electrons. The van der Waals surface area contributed by atoms with E-state index in [4.69, 9.17) is 4.74 Å². The molecule has 1 fully saturated rings. The third-order valence-electron chi connectivity index (χ3n) is 5.20. The summed E-state index contributed by atoms with van der Waals surface area (Å²) in [4.78, 5) is 12.8. The molecule has 2 aromatic rings. The number of carbonyl (C=O) groups is 1. The molecule has 0 bridgehead atoms. The van der Waals surface area contributed by atoms with Crippen molar-refractivity contribution >= 4 is 59.9 Å². The molecule has 12 heteroatoms. The summed E-state index contributed by atoms with van der Waals surface area (Å²) in [5.41, 5.74) is 0.498. The summed E-state index contributed by atoms with van der Waals surface area (Å²) >= 11 is 2.10. The number of hydrogen-bond donors (Lipinski definition) is 1. The van der Waals surface area contributed by atoms with E-state index >= 15 is 0 Å². The van der Waals surface area contributed by atoms with Gasteiger partial charge in [0.15, 0.2) is 0 Å². The molecule has 1 amide bonds. The van der Waals surface area contributed by atoms with E-state index in [1.165, 1.54) is 29.6 Å². The van der Waals surface area contributed by atoms with E-state index in [0.717, 1.165) is 33.4 Å². The molecule has 0 atom stereocenters. The molecule has 0 aromatic heterocycles. The molecule has 1 heterocycles. The van der Waals surface area contributed by atoms with Gasteiger partial charge in [0.2, 0.25) is 26.0 Å². The first-order valence-corrected chi connectivity index (χ1v) is 14.6. The molecule has 180 valence electrons. The molecule has 0 aliphatic carbocycles. The van der Waals surface area contributed by atoms with Crippen molar-refractivity contribution in [3.63, 3.8) is 0 Å². The molecule has 3 rings (SSSR count). The molecule has 2 aromatic carbocycles. The highest BCUT2D eigenvalue weighted by atomic mass is 127. The molecule has 0 unspecified atom stereocenters. The van der Waals surface area contributed by atoms with Crippen LogP contribution in [0, 0.1) is 3.57 Å². The maximum absolute atomic E-state index is 13.0. The predicted octanol–water partition coefficient (Wildman–Crippen LogP) is 2.88. The van der Waals surface area contributed by atoms with E-state index in [1.807, 2.05) is 0 Å². The minimum atomic E-state index is -3.74. The standard InChI is InChI=1S/C21H26IN3O6S2/c1-31-20-11-10-18(33(29,30)24-12-4-3-5-13-24)14-19(20)23-21(26)15-25(32(2,27)28)17-8-6-16(22)7-9-17/h6-11,14H,3-5,12-13,15H2,1-2H3,(H,23,26). The SMILES string of the molecule is COc1ccc(S(=O)(=O)N2CCCCC2)cc1NC(=O)CN(c1ccc(I)cc1)S(C)(=O)=O. The molecule has 1 aliphatic rings. The number of ether oxygens (including phenoxy) is 1. The van der Waals surface area contributed by atoms with Gasteiger partial charge in [-0.1, -0.05) is 6.42 Å². The van der Waals surface area contributed by atoms with E-state index in [1.54, 1.807) is 24.3 Å². The number of carbonyl (C=O) groups excluding carboxylic acids is 1. The number of rotatable bonds is 8. The average Bonchev–Trinajstić information content (AvgIpc) is 2.78. The predicted molar refractivity (Wildman–Crippen MR) is 136 cm³/mol. The number of methoxy groups -OCH3 is 1. The third-order valence-corrected chi connectivity index (χ3v) is 8.95. The summed E-state index contributed by atoms with van der Waals surface area (Å²) in [6, 6.07) is 11.0. The highest BCUT2D eigenvalue weighted by Crippen LogP contribution is 2.30. The van der Waals surface area contributed by atoms with Gasteiger partial charge >= 0.3 is 0 Å². The second-order valence-electron chi connectivity index (χ2n) is 7.62. The molecule has 0 spiro atoms. The lowest BCUT2D eigenvalue weighted by Crippen LogP contribution is -2.37. The number of anilines is 2. The summed E-state index contributed by atoms with van der Waals surface area (Å²) in [6.07, 6.45) is 3.62. The Hall–Kier alpha value is -1.90. The molecule has 33 heavy (non-hydrogen) atoms. The van der Waals surface area contributed by atoms with E-state index < -0.39 is 32.5 Å². The fourth-order valence-corrected chi connectivity index (χ4v) is 6.29. The number of amides is 1. The summed E-state index contributed by atoms with van der Waals surface area (Å²) in [5.74, 6) is -0.370. The Morgan fingerprint density at radius 3 is 2.27 bits per heavy atom. The van der Waals surface area contributed by atoms with E-state index in [-0.39, 0.29) is 16.3 Å². The second kappa shape index (κ2) is 10.6. The Bertz CT molecular complexity index is 1210. The summed E-state index contributed by atoms with van der Waals surface area (Å²) in [7, 11) is -6.06. The largest absolute Gasteiger partial charge is 0.495 e. The van der Waals surface area contributed by atoms with Crippen molar-refractivity contribution in [1.82, 2.24) is 4.31 Å². The number of piperidine rings is 1. The van der Waals surface area contributed by atoms with Gasteiger partial charge in [0.1, 0.15) is 12.3 Å². The van der Waals surface area contributed by atoms with Crippen LogP contribution in [0.25, 0.3) is 0 Å². The highest BCUT2D eigenvalue weighted by molar-refractivity contribution is 14.1. The van der Waals surface area contributed by atoms with Crippen molar-refractivity contribution in [3.8, 4) is 5.75 Å². The zero-order valence-electron chi connectivity index (χ0n) is 18.3. The van der Waals surface area contributed by atoms with Gasteiger partial charge in [-0.2, -0.15) is 4.31 Å². The molecular weight excluding hydrogens is 581 g/mol. The van der Waals surface area contributed by atoms with Crippen LogP contribution < -0.4 is 14.4 Å². The highest BCUT2D eigenvalue weighted by Gasteiger charge is 2.27. The minimum absolute atomic E-state index is 0.0399. The first-order chi connectivity index (χ1) is 15.5. The van der Waals surface area contributed by atoms with Crippen LogP contribution in [0.2, 0.25) is 0 Å². The molecule has 1 aliphatic heterocycles. The van der Waals surface area contributed by atoms with E-state index in [0.29, 0.717) is 18.8 Å². The van der Waals surface area contributed by atoms with Gasteiger partial charge in [-0.15, -0.1) is 0 Å². The Kier molecular flexibility index (Phi) is 8.24. The fraction of sp³-hybridized carbons (Fsp3) is 0.381. The van der Waals surface area contributed by atoms with Crippen molar-refractivity contribution in [3.05, 3.63) is 46.0 Å². The van der Waals surface area contributed by atoms with Gasteiger partial charge in [0.05, 0.1) is 29.6 Å². The quantitative estimate of drug-likeness (QED) is 0.462. The Morgan fingerprint density at radius 1 is 1.06 bits per heavy atom. The topological polar surface area (TPSA) is 113 Å². The number of nitrogens with zero attached hydrogens (tertiary/aromatic N) is 2. The number of sulfonamides is 2. The second-order valence-corrected chi connectivity index (χ2v) is 12.7. The van der Waals surface area contributed by atoms with Crippen LogP contribution in [0.15, 0.2) is 47.4 Å². The van der Waals surface area contributed by atoms with Gasteiger partial charge in [-0.05, 0) is 77.9 Å². The Labute approximate surface area is 208 Å². The fourth-order valence-electron chi connectivity index (χ4n) is 3.53.